The number of fused-ring (bicyclic) bond motifs is 2. The largest absolute Gasteiger partial charge is 0.416 e. The number of hydrogen-bond acceptors (Lipinski definition) is 6. The number of alkyl halides is 3. The van der Waals surface area contributed by atoms with Crippen LogP contribution in [0.1, 0.15) is 54.4 Å². The molecule has 3 aromatic heterocycles. The number of nitrogens with two attached hydrogens (primary N) is 1. The average Bonchev–Trinajstić information content (AvgIpc) is 3.39. The molecule has 13 heteroatoms. The van der Waals surface area contributed by atoms with E-state index in [2.05, 4.69) is 25.2 Å². The van der Waals surface area contributed by atoms with Crippen molar-refractivity contribution in [3.63, 3.8) is 0 Å². The van der Waals surface area contributed by atoms with Crippen molar-refractivity contribution in [3.8, 4) is 11.3 Å². The SMILES string of the molecule is Nc1nccn2cnc(-c3ccc(C(=O)Nc4cc(C(F)(F)F)ccn4)cc3F)c12.O=C1CCCC2CCCCN12. The first-order valence-electron chi connectivity index (χ1n) is 13.1. The van der Waals surface area contributed by atoms with Crippen molar-refractivity contribution in [2.24, 2.45) is 0 Å². The molecule has 4 aromatic rings. The van der Waals surface area contributed by atoms with E-state index in [0.717, 1.165) is 37.7 Å². The van der Waals surface area contributed by atoms with Gasteiger partial charge in [0.15, 0.2) is 0 Å². The number of imidazole rings is 1. The number of rotatable bonds is 3. The lowest BCUT2D eigenvalue weighted by Crippen LogP contribution is -2.46. The zero-order chi connectivity index (χ0) is 29.1. The number of halogens is 4. The molecule has 5 heterocycles. The van der Waals surface area contributed by atoms with Gasteiger partial charge in [0.25, 0.3) is 5.91 Å². The molecule has 41 heavy (non-hydrogen) atoms. The van der Waals surface area contributed by atoms with Crippen LogP contribution in [0.3, 0.4) is 0 Å². The van der Waals surface area contributed by atoms with Gasteiger partial charge < -0.3 is 20.4 Å². The van der Waals surface area contributed by atoms with Gasteiger partial charge in [-0.1, -0.05) is 0 Å². The molecule has 2 fully saturated rings. The lowest BCUT2D eigenvalue weighted by Gasteiger charge is -2.39. The van der Waals surface area contributed by atoms with Gasteiger partial charge in [0.05, 0.1) is 5.56 Å². The van der Waals surface area contributed by atoms with E-state index in [1.165, 1.54) is 50.3 Å². The summed E-state index contributed by atoms with van der Waals surface area (Å²) >= 11 is 0. The average molecular weight is 570 g/mol. The number of benzene rings is 1. The van der Waals surface area contributed by atoms with Gasteiger partial charge in [0.1, 0.15) is 35.0 Å². The molecule has 2 saturated heterocycles. The quantitative estimate of drug-likeness (QED) is 0.322. The van der Waals surface area contributed by atoms with E-state index in [1.54, 1.807) is 10.6 Å². The van der Waals surface area contributed by atoms with Crippen LogP contribution in [0, 0.1) is 5.82 Å². The molecular formula is C28H27F4N7O2. The Morgan fingerprint density at radius 1 is 1.02 bits per heavy atom. The molecule has 6 rings (SSSR count). The molecule has 0 radical (unpaired) electrons. The molecule has 0 saturated carbocycles. The molecule has 2 amide bonds. The van der Waals surface area contributed by atoms with Crippen molar-refractivity contribution < 1.29 is 27.2 Å². The van der Waals surface area contributed by atoms with E-state index in [1.807, 2.05) is 0 Å². The maximum atomic E-state index is 14.7. The Hall–Kier alpha value is -4.55. The van der Waals surface area contributed by atoms with E-state index < -0.39 is 23.5 Å². The molecule has 1 unspecified atom stereocenters. The zero-order valence-electron chi connectivity index (χ0n) is 21.9. The number of amides is 2. The third kappa shape index (κ3) is 6.13. The minimum absolute atomic E-state index is 0.0888. The number of nitrogen functional groups attached to an aromatic ring is 1. The number of anilines is 2. The van der Waals surface area contributed by atoms with Crippen LogP contribution in [-0.4, -0.2) is 48.7 Å². The van der Waals surface area contributed by atoms with Crippen LogP contribution in [-0.2, 0) is 11.0 Å². The van der Waals surface area contributed by atoms with Crippen LogP contribution < -0.4 is 11.1 Å². The van der Waals surface area contributed by atoms with E-state index >= 15 is 0 Å². The lowest BCUT2D eigenvalue weighted by atomic mass is 9.93. The summed E-state index contributed by atoms with van der Waals surface area (Å²) in [7, 11) is 0. The van der Waals surface area contributed by atoms with Crippen molar-refractivity contribution >= 4 is 29.0 Å². The van der Waals surface area contributed by atoms with Crippen LogP contribution in [0.4, 0.5) is 29.2 Å². The summed E-state index contributed by atoms with van der Waals surface area (Å²) in [6.07, 6.45) is 7.85. The summed E-state index contributed by atoms with van der Waals surface area (Å²) < 4.78 is 54.7. The standard InChI is InChI=1S/C19H12F4N6O.C9H15NO/c20-13-7-10(18(30)28-14-8-11(3-4-25-14)19(21,22)23)1-2-12(13)15-16-17(24)26-5-6-29(16)9-27-15;11-9-6-3-5-8-4-1-2-7-10(8)9/h1-9H,(H2,24,26)(H,25,28,30);8H,1-7H2. The fourth-order valence-corrected chi connectivity index (χ4v) is 5.15. The first kappa shape index (κ1) is 28.0. The molecular weight excluding hydrogens is 542 g/mol. The Morgan fingerprint density at radius 3 is 2.59 bits per heavy atom. The number of hydrogen-bond donors (Lipinski definition) is 2. The number of carbonyl (C=O) groups is 2. The lowest BCUT2D eigenvalue weighted by molar-refractivity contribution is -0.138. The summed E-state index contributed by atoms with van der Waals surface area (Å²) in [6, 6.07) is 5.69. The van der Waals surface area contributed by atoms with E-state index in [4.69, 9.17) is 5.73 Å². The molecule has 0 aliphatic carbocycles. The Morgan fingerprint density at radius 2 is 1.83 bits per heavy atom. The number of aromatic nitrogens is 4. The Labute approximate surface area is 232 Å². The van der Waals surface area contributed by atoms with Gasteiger partial charge in [0, 0.05) is 48.7 Å². The van der Waals surface area contributed by atoms with Crippen molar-refractivity contribution in [3.05, 3.63) is 72.2 Å². The summed E-state index contributed by atoms with van der Waals surface area (Å²) in [5, 5.41) is 2.22. The second-order valence-electron chi connectivity index (χ2n) is 9.87. The third-order valence-electron chi connectivity index (χ3n) is 7.17. The third-order valence-corrected chi connectivity index (χ3v) is 7.17. The second-order valence-corrected chi connectivity index (χ2v) is 9.87. The van der Waals surface area contributed by atoms with Crippen molar-refractivity contribution in [1.29, 1.82) is 0 Å². The van der Waals surface area contributed by atoms with Gasteiger partial charge in [-0.2, -0.15) is 13.2 Å². The number of nitrogens with one attached hydrogen (secondary N) is 1. The van der Waals surface area contributed by atoms with Gasteiger partial charge in [-0.25, -0.2) is 19.3 Å². The fourth-order valence-electron chi connectivity index (χ4n) is 5.15. The highest BCUT2D eigenvalue weighted by atomic mass is 19.4. The molecule has 9 nitrogen and oxygen atoms in total. The van der Waals surface area contributed by atoms with Crippen molar-refractivity contribution in [1.82, 2.24) is 24.3 Å². The molecule has 3 N–H and O–H groups in total. The monoisotopic (exact) mass is 569 g/mol. The molecule has 0 spiro atoms. The van der Waals surface area contributed by atoms with Crippen LogP contribution in [0.5, 0.6) is 0 Å². The first-order valence-corrected chi connectivity index (χ1v) is 13.1. The van der Waals surface area contributed by atoms with Gasteiger partial charge in [-0.3, -0.25) is 9.59 Å². The molecule has 0 bridgehead atoms. The summed E-state index contributed by atoms with van der Waals surface area (Å²) in [4.78, 5) is 37.6. The normalized spacial score (nSPS) is 17.0. The zero-order valence-corrected chi connectivity index (χ0v) is 21.9. The molecule has 2 aliphatic rings. The molecule has 214 valence electrons. The van der Waals surface area contributed by atoms with E-state index in [9.17, 15) is 27.2 Å². The number of pyridine rings is 1. The topological polar surface area (TPSA) is 119 Å². The van der Waals surface area contributed by atoms with Crippen LogP contribution in [0.15, 0.2) is 55.2 Å². The van der Waals surface area contributed by atoms with Crippen molar-refractivity contribution in [2.45, 2.75) is 50.7 Å². The van der Waals surface area contributed by atoms with Gasteiger partial charge in [-0.15, -0.1) is 0 Å². The van der Waals surface area contributed by atoms with Crippen molar-refractivity contribution in [2.75, 3.05) is 17.6 Å². The molecule has 1 atom stereocenters. The van der Waals surface area contributed by atoms with E-state index in [-0.39, 0.29) is 28.5 Å². The van der Waals surface area contributed by atoms with Crippen LogP contribution in [0.2, 0.25) is 0 Å². The highest BCUT2D eigenvalue weighted by Crippen LogP contribution is 2.31. The highest BCUT2D eigenvalue weighted by molar-refractivity contribution is 6.04. The summed E-state index contributed by atoms with van der Waals surface area (Å²) in [5.74, 6) is -1.33. The summed E-state index contributed by atoms with van der Waals surface area (Å²) in [6.45, 7) is 1.03. The number of carbonyl (C=O) groups excluding carboxylic acids is 2. The summed E-state index contributed by atoms with van der Waals surface area (Å²) in [5.41, 5.74) is 5.51. The van der Waals surface area contributed by atoms with Gasteiger partial charge in [-0.05, 0) is 62.4 Å². The Bertz CT molecular complexity index is 1590. The predicted octanol–water partition coefficient (Wildman–Crippen LogP) is 5.34. The maximum absolute atomic E-state index is 14.7. The minimum Gasteiger partial charge on any atom is -0.382 e. The van der Waals surface area contributed by atoms with Gasteiger partial charge in [0.2, 0.25) is 5.91 Å². The number of piperidine rings is 2. The highest BCUT2D eigenvalue weighted by Gasteiger charge is 2.31. The molecule has 1 aromatic carbocycles. The second kappa shape index (κ2) is 11.5. The first-order chi connectivity index (χ1) is 19.6. The molecule has 2 aliphatic heterocycles. The number of nitrogens with zero attached hydrogens (tertiary/aromatic N) is 5. The fraction of sp³-hybridized carbons (Fsp3) is 0.321. The maximum Gasteiger partial charge on any atom is 0.416 e. The Kier molecular flexibility index (Phi) is 7.86. The minimum atomic E-state index is -4.58. The van der Waals surface area contributed by atoms with E-state index in [0.29, 0.717) is 23.5 Å². The predicted molar refractivity (Wildman–Crippen MR) is 143 cm³/mol. The smallest absolute Gasteiger partial charge is 0.382 e. The Balaban J connectivity index is 0.000000255. The van der Waals surface area contributed by atoms with Crippen LogP contribution in [0.25, 0.3) is 16.8 Å². The van der Waals surface area contributed by atoms with Crippen LogP contribution >= 0.6 is 0 Å². The van der Waals surface area contributed by atoms with Gasteiger partial charge >= 0.3 is 6.18 Å².